The van der Waals surface area contributed by atoms with Gasteiger partial charge in [-0.25, -0.2) is 8.42 Å². The molecule has 0 heterocycles. The van der Waals surface area contributed by atoms with Gasteiger partial charge in [0, 0.05) is 17.8 Å². The number of sulfonamides is 1. The maximum absolute atomic E-state index is 12.5. The van der Waals surface area contributed by atoms with Crippen molar-refractivity contribution in [2.45, 2.75) is 25.7 Å². The van der Waals surface area contributed by atoms with Crippen molar-refractivity contribution in [3.63, 3.8) is 0 Å². The third-order valence-corrected chi connectivity index (χ3v) is 6.25. The number of nitrogens with zero attached hydrogens (tertiary/aromatic N) is 1. The molecule has 0 fully saturated rings. The molecule has 0 aliphatic carbocycles. The van der Waals surface area contributed by atoms with Gasteiger partial charge in [0.15, 0.2) is 6.61 Å². The number of aryl methyl sites for hydroxylation is 3. The lowest BCUT2D eigenvalue weighted by Gasteiger charge is -2.17. The van der Waals surface area contributed by atoms with E-state index in [0.29, 0.717) is 10.7 Å². The lowest BCUT2D eigenvalue weighted by molar-refractivity contribution is -0.147. The number of anilines is 1. The van der Waals surface area contributed by atoms with Crippen molar-refractivity contribution in [3.05, 3.63) is 58.1 Å². The molecule has 0 atom stereocenters. The highest BCUT2D eigenvalue weighted by Crippen LogP contribution is 2.22. The van der Waals surface area contributed by atoms with Crippen molar-refractivity contribution in [1.82, 2.24) is 4.31 Å². The molecule has 9 heteroatoms. The van der Waals surface area contributed by atoms with Gasteiger partial charge >= 0.3 is 5.97 Å². The van der Waals surface area contributed by atoms with Gasteiger partial charge in [-0.05, 0) is 56.2 Å². The Morgan fingerprint density at radius 1 is 1.07 bits per heavy atom. The van der Waals surface area contributed by atoms with E-state index in [4.69, 9.17) is 16.3 Å². The summed E-state index contributed by atoms with van der Waals surface area (Å²) in [7, 11) is -2.63. The number of carbonyl (C=O) groups excluding carboxylic acids is 2. The van der Waals surface area contributed by atoms with Crippen molar-refractivity contribution >= 4 is 39.2 Å². The number of ether oxygens (including phenoxy) is 1. The van der Waals surface area contributed by atoms with Crippen LogP contribution in [0.5, 0.6) is 0 Å². The minimum absolute atomic E-state index is 0.000245. The molecule has 7 nitrogen and oxygen atoms in total. The van der Waals surface area contributed by atoms with Crippen molar-refractivity contribution in [1.29, 1.82) is 0 Å². The Labute approximate surface area is 175 Å². The number of benzene rings is 2. The topological polar surface area (TPSA) is 92.8 Å². The molecule has 0 saturated heterocycles. The zero-order valence-corrected chi connectivity index (χ0v) is 18.2. The summed E-state index contributed by atoms with van der Waals surface area (Å²) in [6.07, 6.45) is 0. The Morgan fingerprint density at radius 3 is 2.17 bits per heavy atom. The van der Waals surface area contributed by atoms with Crippen LogP contribution in [-0.2, 0) is 24.3 Å². The number of amides is 1. The Hall–Kier alpha value is -2.42. The SMILES string of the molecule is Cc1cc(C)c(NC(=O)COC(=O)CN(C)S(=O)(=O)c2ccc(Cl)cc2)c(C)c1. The molecular formula is C20H23ClN2O5S. The van der Waals surface area contributed by atoms with Gasteiger partial charge in [0.2, 0.25) is 10.0 Å². The number of rotatable bonds is 7. The first-order chi connectivity index (χ1) is 13.5. The Bertz CT molecular complexity index is 997. The number of esters is 1. The number of likely N-dealkylation sites (N-methyl/N-ethyl adjacent to an activating group) is 1. The number of halogens is 1. The molecule has 2 aromatic rings. The van der Waals surface area contributed by atoms with Crippen molar-refractivity contribution in [2.24, 2.45) is 0 Å². The van der Waals surface area contributed by atoms with Gasteiger partial charge < -0.3 is 10.1 Å². The van der Waals surface area contributed by atoms with E-state index in [1.165, 1.54) is 31.3 Å². The van der Waals surface area contributed by atoms with Crippen LogP contribution in [0.15, 0.2) is 41.3 Å². The van der Waals surface area contributed by atoms with E-state index < -0.39 is 35.1 Å². The first-order valence-corrected chi connectivity index (χ1v) is 10.6. The minimum Gasteiger partial charge on any atom is -0.455 e. The second kappa shape index (κ2) is 9.39. The van der Waals surface area contributed by atoms with E-state index in [2.05, 4.69) is 5.32 Å². The highest BCUT2D eigenvalue weighted by atomic mass is 35.5. The van der Waals surface area contributed by atoms with E-state index in [1.54, 1.807) is 0 Å². The minimum atomic E-state index is -3.88. The number of hydrogen-bond acceptors (Lipinski definition) is 5. The Balaban J connectivity index is 1.92. The van der Waals surface area contributed by atoms with Crippen LogP contribution in [0.4, 0.5) is 5.69 Å². The van der Waals surface area contributed by atoms with Crippen LogP contribution in [0, 0.1) is 20.8 Å². The van der Waals surface area contributed by atoms with E-state index in [0.717, 1.165) is 21.0 Å². The fourth-order valence-electron chi connectivity index (χ4n) is 2.80. The van der Waals surface area contributed by atoms with Crippen LogP contribution < -0.4 is 5.32 Å². The average molecular weight is 439 g/mol. The summed E-state index contributed by atoms with van der Waals surface area (Å²) in [5, 5.41) is 3.11. The standard InChI is InChI=1S/C20H23ClN2O5S/c1-13-9-14(2)20(15(3)10-13)22-18(24)12-28-19(25)11-23(4)29(26,27)17-7-5-16(21)6-8-17/h5-10H,11-12H2,1-4H3,(H,22,24). The van der Waals surface area contributed by atoms with Crippen LogP contribution in [0.3, 0.4) is 0 Å². The average Bonchev–Trinajstić information content (AvgIpc) is 2.63. The Morgan fingerprint density at radius 2 is 1.62 bits per heavy atom. The summed E-state index contributed by atoms with van der Waals surface area (Å²) in [5.74, 6) is -1.34. The van der Waals surface area contributed by atoms with Crippen LogP contribution in [0.2, 0.25) is 5.02 Å². The third kappa shape index (κ3) is 6.03. The number of hydrogen-bond donors (Lipinski definition) is 1. The molecule has 2 rings (SSSR count). The zero-order valence-electron chi connectivity index (χ0n) is 16.7. The summed E-state index contributed by atoms with van der Waals surface area (Å²) in [6.45, 7) is 4.67. The highest BCUT2D eigenvalue weighted by molar-refractivity contribution is 7.89. The summed E-state index contributed by atoms with van der Waals surface area (Å²) in [6, 6.07) is 9.45. The van der Waals surface area contributed by atoms with Crippen LogP contribution in [0.25, 0.3) is 0 Å². The monoisotopic (exact) mass is 438 g/mol. The molecule has 0 radical (unpaired) electrons. The molecular weight excluding hydrogens is 416 g/mol. The van der Waals surface area contributed by atoms with Crippen molar-refractivity contribution < 1.29 is 22.7 Å². The predicted octanol–water partition coefficient (Wildman–Crippen LogP) is 3.07. The summed E-state index contributed by atoms with van der Waals surface area (Å²) in [4.78, 5) is 24.1. The van der Waals surface area contributed by atoms with Gasteiger partial charge in [-0.15, -0.1) is 0 Å². The lowest BCUT2D eigenvalue weighted by atomic mass is 10.1. The molecule has 0 saturated carbocycles. The first kappa shape index (κ1) is 22.9. The summed E-state index contributed by atoms with van der Waals surface area (Å²) < 4.78 is 30.7. The van der Waals surface area contributed by atoms with E-state index >= 15 is 0 Å². The van der Waals surface area contributed by atoms with Crippen molar-refractivity contribution in [2.75, 3.05) is 25.5 Å². The second-order valence-corrected chi connectivity index (χ2v) is 9.18. The fraction of sp³-hybridized carbons (Fsp3) is 0.300. The maximum Gasteiger partial charge on any atom is 0.321 e. The van der Waals surface area contributed by atoms with Gasteiger partial charge in [-0.1, -0.05) is 29.3 Å². The molecule has 1 amide bonds. The van der Waals surface area contributed by atoms with Crippen molar-refractivity contribution in [3.8, 4) is 0 Å². The number of nitrogens with one attached hydrogen (secondary N) is 1. The molecule has 2 aromatic carbocycles. The van der Waals surface area contributed by atoms with E-state index in [9.17, 15) is 18.0 Å². The molecule has 0 aliphatic heterocycles. The molecule has 0 spiro atoms. The van der Waals surface area contributed by atoms with Crippen LogP contribution in [0.1, 0.15) is 16.7 Å². The fourth-order valence-corrected chi connectivity index (χ4v) is 4.04. The van der Waals surface area contributed by atoms with Crippen LogP contribution >= 0.6 is 11.6 Å². The maximum atomic E-state index is 12.5. The summed E-state index contributed by atoms with van der Waals surface area (Å²) >= 11 is 5.76. The molecule has 0 bridgehead atoms. The lowest BCUT2D eigenvalue weighted by Crippen LogP contribution is -2.34. The van der Waals surface area contributed by atoms with Gasteiger partial charge in [0.1, 0.15) is 6.54 Å². The molecule has 0 unspecified atom stereocenters. The van der Waals surface area contributed by atoms with Gasteiger partial charge in [-0.3, -0.25) is 9.59 Å². The Kier molecular flexibility index (Phi) is 7.40. The molecule has 1 N–H and O–H groups in total. The molecule has 0 aromatic heterocycles. The normalized spacial score (nSPS) is 11.4. The molecule has 156 valence electrons. The van der Waals surface area contributed by atoms with Gasteiger partial charge in [0.05, 0.1) is 4.90 Å². The second-order valence-electron chi connectivity index (χ2n) is 6.70. The number of carbonyl (C=O) groups is 2. The largest absolute Gasteiger partial charge is 0.455 e. The van der Waals surface area contributed by atoms with Gasteiger partial charge in [0.25, 0.3) is 5.91 Å². The smallest absolute Gasteiger partial charge is 0.321 e. The van der Waals surface area contributed by atoms with Gasteiger partial charge in [-0.2, -0.15) is 4.31 Å². The molecule has 0 aliphatic rings. The van der Waals surface area contributed by atoms with Crippen LogP contribution in [-0.4, -0.2) is 44.8 Å². The first-order valence-electron chi connectivity index (χ1n) is 8.76. The van der Waals surface area contributed by atoms with E-state index in [-0.39, 0.29) is 4.90 Å². The van der Waals surface area contributed by atoms with E-state index in [1.807, 2.05) is 32.9 Å². The third-order valence-electron chi connectivity index (χ3n) is 4.18. The quantitative estimate of drug-likeness (QED) is 0.670. The highest BCUT2D eigenvalue weighted by Gasteiger charge is 2.24. The summed E-state index contributed by atoms with van der Waals surface area (Å²) in [5.41, 5.74) is 3.54. The molecule has 29 heavy (non-hydrogen) atoms. The predicted molar refractivity (Wildman–Crippen MR) is 112 cm³/mol. The zero-order chi connectivity index (χ0) is 21.8.